The maximum absolute atomic E-state index is 12.8. The van der Waals surface area contributed by atoms with E-state index in [4.69, 9.17) is 0 Å². The Kier molecular flexibility index (Phi) is 6.01. The van der Waals surface area contributed by atoms with Gasteiger partial charge in [0.15, 0.2) is 0 Å². The Bertz CT molecular complexity index is 745. The summed E-state index contributed by atoms with van der Waals surface area (Å²) >= 11 is 0. The third kappa shape index (κ3) is 5.20. The molecule has 0 bridgehead atoms. The van der Waals surface area contributed by atoms with Crippen molar-refractivity contribution < 1.29 is 14.1 Å². The number of hydrogen-bond acceptors (Lipinski definition) is 4. The van der Waals surface area contributed by atoms with Crippen LogP contribution in [0.25, 0.3) is 6.08 Å². The first-order valence-electron chi connectivity index (χ1n) is 7.25. The van der Waals surface area contributed by atoms with Gasteiger partial charge in [-0.15, -0.1) is 0 Å². The number of hydrogen-bond donors (Lipinski definition) is 2. The van der Waals surface area contributed by atoms with Crippen LogP contribution >= 0.6 is 0 Å². The molecule has 0 unspecified atom stereocenters. The molecule has 0 aromatic heterocycles. The zero-order valence-electron chi connectivity index (χ0n) is 12.7. The van der Waals surface area contributed by atoms with Gasteiger partial charge in [-0.1, -0.05) is 24.3 Å². The smallest absolute Gasteiger partial charge is 0.292 e. The highest BCUT2D eigenvalue weighted by Gasteiger charge is 2.11. The van der Waals surface area contributed by atoms with Crippen molar-refractivity contribution in [2.24, 2.45) is 0 Å². The summed E-state index contributed by atoms with van der Waals surface area (Å²) in [5, 5.41) is 16.4. The van der Waals surface area contributed by atoms with Crippen LogP contribution in [0, 0.1) is 15.9 Å². The van der Waals surface area contributed by atoms with E-state index in [0.717, 1.165) is 0 Å². The van der Waals surface area contributed by atoms with Gasteiger partial charge in [-0.25, -0.2) is 4.39 Å². The maximum Gasteiger partial charge on any atom is 0.292 e. The standard InChI is InChI=1S/C17H16FN3O3/c18-14-8-5-13(6-9-14)7-10-17(22)20-12-11-19-15-3-1-2-4-16(15)21(23)24/h1-10,19H,11-12H2,(H,20,22)/b10-7+. The molecule has 2 rings (SSSR count). The van der Waals surface area contributed by atoms with E-state index >= 15 is 0 Å². The summed E-state index contributed by atoms with van der Waals surface area (Å²) in [4.78, 5) is 22.1. The number of nitrogens with one attached hydrogen (secondary N) is 2. The molecule has 124 valence electrons. The largest absolute Gasteiger partial charge is 0.378 e. The second-order valence-corrected chi connectivity index (χ2v) is 4.88. The summed E-state index contributed by atoms with van der Waals surface area (Å²) in [7, 11) is 0. The van der Waals surface area contributed by atoms with E-state index in [2.05, 4.69) is 10.6 Å². The zero-order chi connectivity index (χ0) is 17.4. The number of benzene rings is 2. The monoisotopic (exact) mass is 329 g/mol. The molecule has 0 aliphatic heterocycles. The van der Waals surface area contributed by atoms with Crippen LogP contribution in [-0.2, 0) is 4.79 Å². The second-order valence-electron chi connectivity index (χ2n) is 4.88. The molecule has 24 heavy (non-hydrogen) atoms. The molecule has 0 atom stereocenters. The number of para-hydroxylation sites is 2. The van der Waals surface area contributed by atoms with Gasteiger partial charge in [0.25, 0.3) is 5.69 Å². The zero-order valence-corrected chi connectivity index (χ0v) is 12.7. The lowest BCUT2D eigenvalue weighted by Gasteiger charge is -2.07. The van der Waals surface area contributed by atoms with E-state index in [1.807, 2.05) is 0 Å². The predicted octanol–water partition coefficient (Wildman–Crippen LogP) is 2.98. The van der Waals surface area contributed by atoms with Gasteiger partial charge < -0.3 is 10.6 Å². The Labute approximate surface area is 138 Å². The maximum atomic E-state index is 12.8. The fourth-order valence-corrected chi connectivity index (χ4v) is 1.97. The SMILES string of the molecule is O=C(/C=C/c1ccc(F)cc1)NCCNc1ccccc1[N+](=O)[O-]. The molecular weight excluding hydrogens is 313 g/mol. The van der Waals surface area contributed by atoms with Crippen LogP contribution in [0.1, 0.15) is 5.56 Å². The van der Waals surface area contributed by atoms with Gasteiger partial charge in [0.2, 0.25) is 5.91 Å². The highest BCUT2D eigenvalue weighted by Crippen LogP contribution is 2.22. The molecule has 0 aliphatic carbocycles. The molecule has 0 radical (unpaired) electrons. The summed E-state index contributed by atoms with van der Waals surface area (Å²) in [5.74, 6) is -0.638. The molecule has 2 aromatic rings. The Balaban J connectivity index is 1.77. The van der Waals surface area contributed by atoms with Crippen molar-refractivity contribution >= 4 is 23.4 Å². The van der Waals surface area contributed by atoms with Gasteiger partial charge in [0.1, 0.15) is 11.5 Å². The van der Waals surface area contributed by atoms with Crippen molar-refractivity contribution in [2.75, 3.05) is 18.4 Å². The number of carbonyl (C=O) groups excluding carboxylic acids is 1. The van der Waals surface area contributed by atoms with Crippen molar-refractivity contribution in [3.63, 3.8) is 0 Å². The molecule has 0 heterocycles. The van der Waals surface area contributed by atoms with Crippen LogP contribution in [0.5, 0.6) is 0 Å². The Morgan fingerprint density at radius 3 is 2.54 bits per heavy atom. The van der Waals surface area contributed by atoms with Gasteiger partial charge in [-0.05, 0) is 29.8 Å². The van der Waals surface area contributed by atoms with Crippen molar-refractivity contribution in [3.05, 3.63) is 76.1 Å². The fraction of sp³-hybridized carbons (Fsp3) is 0.118. The lowest BCUT2D eigenvalue weighted by atomic mass is 10.2. The Hall–Kier alpha value is -3.22. The van der Waals surface area contributed by atoms with E-state index in [1.54, 1.807) is 36.4 Å². The Morgan fingerprint density at radius 2 is 1.83 bits per heavy atom. The van der Waals surface area contributed by atoms with Gasteiger partial charge in [-0.3, -0.25) is 14.9 Å². The average Bonchev–Trinajstić information content (AvgIpc) is 2.58. The molecule has 1 amide bonds. The Morgan fingerprint density at radius 1 is 1.12 bits per heavy atom. The van der Waals surface area contributed by atoms with Crippen LogP contribution in [0.3, 0.4) is 0 Å². The summed E-state index contributed by atoms with van der Waals surface area (Å²) < 4.78 is 12.8. The van der Waals surface area contributed by atoms with Crippen LogP contribution in [0.15, 0.2) is 54.6 Å². The molecular formula is C17H16FN3O3. The highest BCUT2D eigenvalue weighted by atomic mass is 19.1. The second kappa shape index (κ2) is 8.42. The minimum absolute atomic E-state index is 0.0139. The minimum Gasteiger partial charge on any atom is -0.378 e. The number of rotatable bonds is 7. The predicted molar refractivity (Wildman–Crippen MR) is 90.0 cm³/mol. The topological polar surface area (TPSA) is 84.3 Å². The van der Waals surface area contributed by atoms with E-state index in [-0.39, 0.29) is 17.4 Å². The van der Waals surface area contributed by atoms with Crippen molar-refractivity contribution in [3.8, 4) is 0 Å². The number of amides is 1. The van der Waals surface area contributed by atoms with E-state index in [9.17, 15) is 19.3 Å². The number of carbonyl (C=O) groups is 1. The molecule has 0 spiro atoms. The average molecular weight is 329 g/mol. The summed E-state index contributed by atoms with van der Waals surface area (Å²) in [6.07, 6.45) is 2.92. The summed E-state index contributed by atoms with van der Waals surface area (Å²) in [6, 6.07) is 12.1. The molecule has 7 heteroatoms. The molecule has 2 N–H and O–H groups in total. The highest BCUT2D eigenvalue weighted by molar-refractivity contribution is 5.91. The van der Waals surface area contributed by atoms with Crippen LogP contribution in [0.4, 0.5) is 15.8 Å². The van der Waals surface area contributed by atoms with E-state index in [0.29, 0.717) is 24.3 Å². The molecule has 0 saturated heterocycles. The van der Waals surface area contributed by atoms with Crippen LogP contribution in [-0.4, -0.2) is 23.9 Å². The van der Waals surface area contributed by atoms with Gasteiger partial charge in [0.05, 0.1) is 4.92 Å². The number of anilines is 1. The lowest BCUT2D eigenvalue weighted by Crippen LogP contribution is -2.27. The minimum atomic E-state index is -0.466. The van der Waals surface area contributed by atoms with Crippen molar-refractivity contribution in [2.45, 2.75) is 0 Å². The molecule has 6 nitrogen and oxygen atoms in total. The fourth-order valence-electron chi connectivity index (χ4n) is 1.97. The van der Waals surface area contributed by atoms with Crippen molar-refractivity contribution in [1.29, 1.82) is 0 Å². The van der Waals surface area contributed by atoms with Crippen LogP contribution in [0.2, 0.25) is 0 Å². The van der Waals surface area contributed by atoms with Gasteiger partial charge in [0, 0.05) is 25.2 Å². The summed E-state index contributed by atoms with van der Waals surface area (Å²) in [5.41, 5.74) is 1.10. The first kappa shape index (κ1) is 17.1. The van der Waals surface area contributed by atoms with Crippen LogP contribution < -0.4 is 10.6 Å². The first-order chi connectivity index (χ1) is 11.6. The van der Waals surface area contributed by atoms with Gasteiger partial charge in [-0.2, -0.15) is 0 Å². The molecule has 0 saturated carbocycles. The first-order valence-corrected chi connectivity index (χ1v) is 7.25. The third-order valence-corrected chi connectivity index (χ3v) is 3.14. The van der Waals surface area contributed by atoms with E-state index in [1.165, 1.54) is 24.3 Å². The normalized spacial score (nSPS) is 10.5. The van der Waals surface area contributed by atoms with E-state index < -0.39 is 4.92 Å². The number of nitro groups is 1. The number of halogens is 1. The number of nitrogens with zero attached hydrogens (tertiary/aromatic N) is 1. The molecule has 2 aromatic carbocycles. The van der Waals surface area contributed by atoms with Crippen molar-refractivity contribution in [1.82, 2.24) is 5.32 Å². The third-order valence-electron chi connectivity index (χ3n) is 3.14. The molecule has 0 fully saturated rings. The molecule has 0 aliphatic rings. The lowest BCUT2D eigenvalue weighted by molar-refractivity contribution is -0.384. The van der Waals surface area contributed by atoms with Gasteiger partial charge >= 0.3 is 0 Å². The number of nitro benzene ring substituents is 1. The quantitative estimate of drug-likeness (QED) is 0.354. The summed E-state index contributed by atoms with van der Waals surface area (Å²) in [6.45, 7) is 0.652.